The molecule has 1 aliphatic carbocycles. The molecule has 0 spiro atoms. The van der Waals surface area contributed by atoms with Crippen LogP contribution >= 0.6 is 0 Å². The zero-order valence-corrected chi connectivity index (χ0v) is 13.9. The summed E-state index contributed by atoms with van der Waals surface area (Å²) in [7, 11) is 0. The molecule has 0 N–H and O–H groups in total. The van der Waals surface area contributed by atoms with Gasteiger partial charge in [-0.25, -0.2) is 0 Å². The Morgan fingerprint density at radius 2 is 1.79 bits per heavy atom. The summed E-state index contributed by atoms with van der Waals surface area (Å²) >= 11 is 0. The van der Waals surface area contributed by atoms with Crippen molar-refractivity contribution in [3.63, 3.8) is 0 Å². The van der Waals surface area contributed by atoms with E-state index in [2.05, 4.69) is 13.8 Å². The summed E-state index contributed by atoms with van der Waals surface area (Å²) < 4.78 is 0. The van der Waals surface area contributed by atoms with E-state index in [4.69, 9.17) is 0 Å². The second-order valence-corrected chi connectivity index (χ2v) is 5.13. The highest BCUT2D eigenvalue weighted by molar-refractivity contribution is 5.95. The molecule has 0 saturated carbocycles. The lowest BCUT2D eigenvalue weighted by Crippen LogP contribution is -2.32. The molecule has 2 atom stereocenters. The second kappa shape index (κ2) is 11.0. The summed E-state index contributed by atoms with van der Waals surface area (Å²) in [5, 5.41) is 0. The van der Waals surface area contributed by atoms with Crippen molar-refractivity contribution in [3.8, 4) is 0 Å². The molecule has 0 aromatic heterocycles. The van der Waals surface area contributed by atoms with Crippen molar-refractivity contribution < 1.29 is 9.59 Å². The molecule has 0 aromatic carbocycles. The lowest BCUT2D eigenvalue weighted by Gasteiger charge is -2.33. The summed E-state index contributed by atoms with van der Waals surface area (Å²) in [6, 6.07) is 0. The van der Waals surface area contributed by atoms with Gasteiger partial charge in [-0.1, -0.05) is 54.0 Å². The van der Waals surface area contributed by atoms with E-state index in [1.54, 1.807) is 0 Å². The van der Waals surface area contributed by atoms with Crippen LogP contribution in [0.3, 0.4) is 0 Å². The molecule has 112 valence electrons. The predicted octanol–water partition coefficient (Wildman–Crippen LogP) is 4.97. The van der Waals surface area contributed by atoms with Gasteiger partial charge < -0.3 is 4.79 Å². The Bertz CT molecular complexity index is 292. The van der Waals surface area contributed by atoms with Crippen LogP contribution in [0, 0.1) is 11.3 Å². The van der Waals surface area contributed by atoms with Gasteiger partial charge in [-0.3, -0.25) is 4.79 Å². The van der Waals surface area contributed by atoms with Crippen LogP contribution in [0.2, 0.25) is 0 Å². The molecule has 1 aliphatic rings. The Balaban J connectivity index is 0. The van der Waals surface area contributed by atoms with Crippen molar-refractivity contribution in [2.45, 2.75) is 74.1 Å². The Kier molecular flexibility index (Phi) is 11.8. The van der Waals surface area contributed by atoms with Gasteiger partial charge in [0.1, 0.15) is 6.29 Å². The number of Topliss-reactive ketones (excluding diaryl/α,β-unsaturated/α-hetero) is 1. The fourth-order valence-corrected chi connectivity index (χ4v) is 1.87. The maximum Gasteiger partial charge on any atom is 0.158 e. The lowest BCUT2D eigenvalue weighted by atomic mass is 9.70. The lowest BCUT2D eigenvalue weighted by molar-refractivity contribution is -0.122. The summed E-state index contributed by atoms with van der Waals surface area (Å²) in [6.07, 6.45) is 6.43. The Labute approximate surface area is 119 Å². The summed E-state index contributed by atoms with van der Waals surface area (Å²) in [5.41, 5.74) is 0.526. The van der Waals surface area contributed by atoms with Gasteiger partial charge in [0.05, 0.1) is 0 Å². The van der Waals surface area contributed by atoms with E-state index in [1.165, 1.54) is 6.42 Å². The van der Waals surface area contributed by atoms with Gasteiger partial charge in [0.25, 0.3) is 0 Å². The average Bonchev–Trinajstić information content (AvgIpc) is 2.44. The molecule has 1 rings (SSSR count). The van der Waals surface area contributed by atoms with Crippen molar-refractivity contribution in [2.24, 2.45) is 11.3 Å². The van der Waals surface area contributed by atoms with Gasteiger partial charge in [-0.15, -0.1) is 0 Å². The maximum absolute atomic E-state index is 11.5. The van der Waals surface area contributed by atoms with E-state index < -0.39 is 0 Å². The first-order valence-corrected chi connectivity index (χ1v) is 7.61. The minimum absolute atomic E-state index is 0.196. The van der Waals surface area contributed by atoms with E-state index in [0.717, 1.165) is 24.7 Å². The highest BCUT2D eigenvalue weighted by Gasteiger charge is 2.35. The summed E-state index contributed by atoms with van der Waals surface area (Å²) in [4.78, 5) is 22.5. The van der Waals surface area contributed by atoms with E-state index in [0.29, 0.717) is 6.42 Å². The van der Waals surface area contributed by atoms with Gasteiger partial charge in [-0.05, 0) is 31.3 Å². The van der Waals surface area contributed by atoms with Crippen LogP contribution in [0.1, 0.15) is 74.1 Å². The number of carbonyl (C=O) groups is 2. The standard InChI is InChI=1S/C12H18O2.C3H8.C2H6/c1-4-12(3,8-13)10-6-5-9(2)11(14)7-10;1-3-2;1-2/h5,8,10H,4,6-7H2,1-3H3;3H2,1-2H3;1-2H3. The smallest absolute Gasteiger partial charge is 0.158 e. The Hall–Kier alpha value is -0.920. The van der Waals surface area contributed by atoms with Crippen molar-refractivity contribution >= 4 is 12.1 Å². The van der Waals surface area contributed by atoms with Crippen molar-refractivity contribution in [1.29, 1.82) is 0 Å². The van der Waals surface area contributed by atoms with Crippen LogP contribution in [0.4, 0.5) is 0 Å². The number of aldehydes is 1. The van der Waals surface area contributed by atoms with E-state index >= 15 is 0 Å². The summed E-state index contributed by atoms with van der Waals surface area (Å²) in [5.74, 6) is 0.393. The normalized spacial score (nSPS) is 20.9. The molecule has 0 heterocycles. The Morgan fingerprint density at radius 3 is 2.11 bits per heavy atom. The molecular weight excluding hydrogens is 236 g/mol. The molecule has 0 bridgehead atoms. The third-order valence-corrected chi connectivity index (χ3v) is 3.54. The van der Waals surface area contributed by atoms with E-state index in [1.807, 2.05) is 40.7 Å². The number of hydrogen-bond donors (Lipinski definition) is 0. The minimum atomic E-state index is -0.327. The van der Waals surface area contributed by atoms with Gasteiger partial charge in [0.15, 0.2) is 5.78 Å². The average molecular weight is 268 g/mol. The molecule has 2 unspecified atom stereocenters. The number of hydrogen-bond acceptors (Lipinski definition) is 2. The molecule has 0 fully saturated rings. The maximum atomic E-state index is 11.5. The quantitative estimate of drug-likeness (QED) is 0.677. The van der Waals surface area contributed by atoms with Crippen LogP contribution in [-0.4, -0.2) is 12.1 Å². The molecule has 0 radical (unpaired) electrons. The third-order valence-electron chi connectivity index (χ3n) is 3.54. The van der Waals surface area contributed by atoms with Crippen molar-refractivity contribution in [2.75, 3.05) is 0 Å². The Morgan fingerprint density at radius 1 is 1.32 bits per heavy atom. The fourth-order valence-electron chi connectivity index (χ4n) is 1.87. The number of carbonyl (C=O) groups excluding carboxylic acids is 2. The topological polar surface area (TPSA) is 34.1 Å². The number of rotatable bonds is 3. The van der Waals surface area contributed by atoms with Gasteiger partial charge in [-0.2, -0.15) is 0 Å². The highest BCUT2D eigenvalue weighted by atomic mass is 16.1. The van der Waals surface area contributed by atoms with Gasteiger partial charge in [0.2, 0.25) is 0 Å². The fraction of sp³-hybridized carbons (Fsp3) is 0.765. The van der Waals surface area contributed by atoms with Crippen LogP contribution in [0.25, 0.3) is 0 Å². The molecular formula is C17H32O2. The predicted molar refractivity (Wildman–Crippen MR) is 83.3 cm³/mol. The third kappa shape index (κ3) is 6.70. The minimum Gasteiger partial charge on any atom is -0.303 e. The molecule has 0 aromatic rings. The monoisotopic (exact) mass is 268 g/mol. The summed E-state index contributed by atoms with van der Waals surface area (Å²) in [6.45, 7) is 14.1. The zero-order valence-electron chi connectivity index (χ0n) is 13.9. The molecule has 2 heteroatoms. The second-order valence-electron chi connectivity index (χ2n) is 5.13. The molecule has 0 aliphatic heterocycles. The number of allylic oxidation sites excluding steroid dienone is 2. The first kappa shape index (κ1) is 20.4. The highest BCUT2D eigenvalue weighted by Crippen LogP contribution is 2.37. The van der Waals surface area contributed by atoms with Gasteiger partial charge in [0, 0.05) is 11.8 Å². The van der Waals surface area contributed by atoms with Crippen LogP contribution in [0.5, 0.6) is 0 Å². The molecule has 0 saturated heterocycles. The molecule has 19 heavy (non-hydrogen) atoms. The first-order chi connectivity index (χ1) is 8.95. The molecule has 0 amide bonds. The molecule has 2 nitrogen and oxygen atoms in total. The van der Waals surface area contributed by atoms with E-state index in [-0.39, 0.29) is 17.1 Å². The van der Waals surface area contributed by atoms with Crippen molar-refractivity contribution in [1.82, 2.24) is 0 Å². The van der Waals surface area contributed by atoms with E-state index in [9.17, 15) is 9.59 Å². The largest absolute Gasteiger partial charge is 0.303 e. The zero-order chi connectivity index (χ0) is 15.5. The van der Waals surface area contributed by atoms with Crippen LogP contribution < -0.4 is 0 Å². The number of ketones is 1. The van der Waals surface area contributed by atoms with Crippen LogP contribution in [0.15, 0.2) is 11.6 Å². The first-order valence-electron chi connectivity index (χ1n) is 7.61. The van der Waals surface area contributed by atoms with Gasteiger partial charge >= 0.3 is 0 Å². The van der Waals surface area contributed by atoms with Crippen molar-refractivity contribution in [3.05, 3.63) is 11.6 Å². The van der Waals surface area contributed by atoms with Crippen LogP contribution in [-0.2, 0) is 9.59 Å². The SMILES string of the molecule is CC.CCC.CCC(C)(C=O)C1CC=C(C)C(=O)C1.